The fourth-order valence-electron chi connectivity index (χ4n) is 0.806. The molecule has 0 unspecified atom stereocenters. The van der Waals surface area contributed by atoms with Crippen LogP contribution in [-0.2, 0) is 0 Å². The minimum absolute atomic E-state index is 0.838. The van der Waals surface area contributed by atoms with Crippen LogP contribution in [0.5, 0.6) is 0 Å². The summed E-state index contributed by atoms with van der Waals surface area (Å²) in [6, 6.07) is 0. The molecule has 9 heavy (non-hydrogen) atoms. The van der Waals surface area contributed by atoms with Crippen molar-refractivity contribution in [3.63, 3.8) is 0 Å². The first-order chi connectivity index (χ1) is 4.34. The molecule has 0 aromatic rings. The topological polar surface area (TPSA) is 24.4 Å². The third-order valence-corrected chi connectivity index (χ3v) is 1.29. The minimum Gasteiger partial charge on any atom is -0.307 e. The van der Waals surface area contributed by atoms with E-state index in [1.165, 1.54) is 0 Å². The molecule has 1 rings (SSSR count). The Kier molecular flexibility index (Phi) is 1.80. The highest BCUT2D eigenvalue weighted by Crippen LogP contribution is 1.99. The van der Waals surface area contributed by atoms with Gasteiger partial charge in [-0.2, -0.15) is 0 Å². The Morgan fingerprint density at radius 3 is 2.78 bits per heavy atom. The summed E-state index contributed by atoms with van der Waals surface area (Å²) < 4.78 is 0. The molecule has 1 N–H and O–H groups in total. The Morgan fingerprint density at radius 1 is 1.56 bits per heavy atom. The second-order valence-corrected chi connectivity index (χ2v) is 1.97. The predicted molar refractivity (Wildman–Crippen MR) is 39.6 cm³/mol. The molecule has 1 heterocycles. The number of aliphatic imine (C=N–C) groups is 1. The number of hydrogen-bond donors (Lipinski definition) is 1. The van der Waals surface area contributed by atoms with Gasteiger partial charge in [-0.15, -0.1) is 0 Å². The smallest absolute Gasteiger partial charge is 0.0580 e. The minimum atomic E-state index is 0.838. The second-order valence-electron chi connectivity index (χ2n) is 1.97. The summed E-state index contributed by atoms with van der Waals surface area (Å²) in [6.45, 7) is 9.02. The van der Waals surface area contributed by atoms with Gasteiger partial charge >= 0.3 is 0 Å². The first-order valence-electron chi connectivity index (χ1n) is 2.91. The van der Waals surface area contributed by atoms with Crippen LogP contribution in [0.4, 0.5) is 0 Å². The van der Waals surface area contributed by atoms with Crippen molar-refractivity contribution in [1.82, 2.24) is 5.32 Å². The molecular weight excluding hydrogens is 112 g/mol. The molecule has 0 aromatic carbocycles. The fraction of sp³-hybridized carbons (Fsp3) is 0.286. The summed E-state index contributed by atoms with van der Waals surface area (Å²) in [5.74, 6) is 0. The Balaban J connectivity index is 2.69. The lowest BCUT2D eigenvalue weighted by molar-refractivity contribution is 0.908. The monoisotopic (exact) mass is 122 g/mol. The van der Waals surface area contributed by atoms with Gasteiger partial charge in [-0.25, -0.2) is 0 Å². The predicted octanol–water partition coefficient (Wildman–Crippen LogP) is 0.730. The van der Waals surface area contributed by atoms with Gasteiger partial charge in [0.15, 0.2) is 0 Å². The number of hydrogen-bond acceptors (Lipinski definition) is 2. The average Bonchev–Trinajstić information content (AvgIpc) is 2.18. The van der Waals surface area contributed by atoms with Gasteiger partial charge in [-0.1, -0.05) is 13.2 Å². The Hall–Kier alpha value is -0.890. The standard InChI is InChI=1S/C7H10N2/c1-3-9-7-5-8-4-6(7)2/h3,8H,1-2,4-5H2/b9-7-. The third-order valence-electron chi connectivity index (χ3n) is 1.29. The summed E-state index contributed by atoms with van der Waals surface area (Å²) in [4.78, 5) is 4.02. The van der Waals surface area contributed by atoms with Crippen LogP contribution in [-0.4, -0.2) is 18.8 Å². The van der Waals surface area contributed by atoms with E-state index in [0.29, 0.717) is 0 Å². The molecule has 1 aliphatic rings. The highest BCUT2D eigenvalue weighted by molar-refractivity contribution is 6.03. The Labute approximate surface area is 55.0 Å². The van der Waals surface area contributed by atoms with E-state index in [0.717, 1.165) is 24.4 Å². The number of nitrogens with one attached hydrogen (secondary N) is 1. The summed E-state index contributed by atoms with van der Waals surface area (Å²) in [5, 5.41) is 3.13. The van der Waals surface area contributed by atoms with Crippen molar-refractivity contribution >= 4 is 5.71 Å². The molecule has 0 saturated carbocycles. The van der Waals surface area contributed by atoms with Crippen molar-refractivity contribution in [2.45, 2.75) is 0 Å². The quantitative estimate of drug-likeness (QED) is 0.544. The molecule has 0 radical (unpaired) electrons. The van der Waals surface area contributed by atoms with Crippen molar-refractivity contribution in [2.75, 3.05) is 13.1 Å². The van der Waals surface area contributed by atoms with Crippen LogP contribution in [0, 0.1) is 0 Å². The summed E-state index contributed by atoms with van der Waals surface area (Å²) in [6.07, 6.45) is 1.55. The molecule has 0 bridgehead atoms. The third kappa shape index (κ3) is 1.27. The van der Waals surface area contributed by atoms with Crippen LogP contribution < -0.4 is 5.32 Å². The van der Waals surface area contributed by atoms with Gasteiger partial charge in [0.1, 0.15) is 0 Å². The van der Waals surface area contributed by atoms with Crippen LogP contribution in [0.1, 0.15) is 0 Å². The first kappa shape index (κ1) is 6.23. The Morgan fingerprint density at radius 2 is 2.33 bits per heavy atom. The van der Waals surface area contributed by atoms with E-state index in [-0.39, 0.29) is 0 Å². The maximum Gasteiger partial charge on any atom is 0.0580 e. The molecule has 48 valence electrons. The average molecular weight is 122 g/mol. The van der Waals surface area contributed by atoms with Crippen LogP contribution in [0.3, 0.4) is 0 Å². The van der Waals surface area contributed by atoms with Crippen molar-refractivity contribution in [1.29, 1.82) is 0 Å². The molecule has 2 heteroatoms. The van der Waals surface area contributed by atoms with Crippen molar-refractivity contribution in [2.24, 2.45) is 4.99 Å². The van der Waals surface area contributed by atoms with Crippen molar-refractivity contribution in [3.05, 3.63) is 24.9 Å². The molecule has 0 amide bonds. The molecule has 0 aliphatic carbocycles. The molecule has 1 aliphatic heterocycles. The normalized spacial score (nSPS) is 23.1. The highest BCUT2D eigenvalue weighted by Gasteiger charge is 2.09. The molecule has 1 saturated heterocycles. The maximum absolute atomic E-state index is 4.02. The molecule has 0 aromatic heterocycles. The fourth-order valence-corrected chi connectivity index (χ4v) is 0.806. The first-order valence-corrected chi connectivity index (χ1v) is 2.91. The summed E-state index contributed by atoms with van der Waals surface area (Å²) >= 11 is 0. The zero-order valence-corrected chi connectivity index (χ0v) is 5.35. The van der Waals surface area contributed by atoms with E-state index in [9.17, 15) is 0 Å². The summed E-state index contributed by atoms with van der Waals surface area (Å²) in [7, 11) is 0. The number of nitrogens with zero attached hydrogens (tertiary/aromatic N) is 1. The lowest BCUT2D eigenvalue weighted by Crippen LogP contribution is -2.07. The highest BCUT2D eigenvalue weighted by atomic mass is 14.9. The molecule has 1 fully saturated rings. The second kappa shape index (κ2) is 2.60. The maximum atomic E-state index is 4.02. The van der Waals surface area contributed by atoms with Gasteiger partial charge in [0.2, 0.25) is 0 Å². The van der Waals surface area contributed by atoms with Gasteiger partial charge in [-0.3, -0.25) is 4.99 Å². The largest absolute Gasteiger partial charge is 0.307 e. The molecule has 0 spiro atoms. The van der Waals surface area contributed by atoms with Gasteiger partial charge in [0, 0.05) is 19.3 Å². The zero-order chi connectivity index (χ0) is 6.69. The number of rotatable bonds is 1. The lowest BCUT2D eigenvalue weighted by Gasteiger charge is -1.89. The van der Waals surface area contributed by atoms with Crippen LogP contribution in [0.25, 0.3) is 0 Å². The Bertz CT molecular complexity index is 168. The van der Waals surface area contributed by atoms with E-state index in [2.05, 4.69) is 23.5 Å². The van der Waals surface area contributed by atoms with Gasteiger partial charge < -0.3 is 5.32 Å². The van der Waals surface area contributed by atoms with Crippen LogP contribution in [0.15, 0.2) is 29.9 Å². The van der Waals surface area contributed by atoms with Crippen LogP contribution >= 0.6 is 0 Å². The van der Waals surface area contributed by atoms with Gasteiger partial charge in [-0.05, 0) is 5.57 Å². The van der Waals surface area contributed by atoms with E-state index in [1.807, 2.05) is 0 Å². The molecular formula is C7H10N2. The van der Waals surface area contributed by atoms with E-state index in [1.54, 1.807) is 6.20 Å². The van der Waals surface area contributed by atoms with Gasteiger partial charge in [0.25, 0.3) is 0 Å². The van der Waals surface area contributed by atoms with Crippen LogP contribution in [0.2, 0.25) is 0 Å². The van der Waals surface area contributed by atoms with E-state index >= 15 is 0 Å². The molecule has 2 nitrogen and oxygen atoms in total. The lowest BCUT2D eigenvalue weighted by atomic mass is 10.2. The van der Waals surface area contributed by atoms with Crippen molar-refractivity contribution in [3.8, 4) is 0 Å². The zero-order valence-electron chi connectivity index (χ0n) is 5.35. The van der Waals surface area contributed by atoms with Gasteiger partial charge in [0.05, 0.1) is 5.71 Å². The summed E-state index contributed by atoms with van der Waals surface area (Å²) in [5.41, 5.74) is 2.11. The molecule has 0 atom stereocenters. The van der Waals surface area contributed by atoms with Crippen molar-refractivity contribution < 1.29 is 0 Å². The SMILES string of the molecule is C=C/N=C1/CNCC1=C. The van der Waals surface area contributed by atoms with E-state index in [4.69, 9.17) is 0 Å². The van der Waals surface area contributed by atoms with E-state index < -0.39 is 0 Å².